The van der Waals surface area contributed by atoms with Gasteiger partial charge in [-0.25, -0.2) is 15.0 Å². The van der Waals surface area contributed by atoms with Crippen LogP contribution in [0.15, 0.2) is 15.0 Å². The van der Waals surface area contributed by atoms with E-state index in [0.29, 0.717) is 17.7 Å². The van der Waals surface area contributed by atoms with E-state index < -0.39 is 54.6 Å². The van der Waals surface area contributed by atoms with Crippen molar-refractivity contribution in [3.05, 3.63) is 0 Å². The molecule has 216 valence electrons. The average Bonchev–Trinajstić information content (AvgIpc) is 3.54. The highest BCUT2D eigenvalue weighted by atomic mass is 16.5. The molecule has 0 aliphatic carbocycles. The number of carbonyl (C=O) groups is 3. The Labute approximate surface area is 229 Å². The van der Waals surface area contributed by atoms with Crippen LogP contribution in [-0.2, 0) is 28.6 Å². The van der Waals surface area contributed by atoms with Crippen LogP contribution in [0, 0.1) is 17.8 Å². The minimum atomic E-state index is -0.818. The predicted octanol–water partition coefficient (Wildman–Crippen LogP) is 0.980. The van der Waals surface area contributed by atoms with E-state index in [2.05, 4.69) is 30.9 Å². The van der Waals surface area contributed by atoms with Crippen LogP contribution in [-0.4, -0.2) is 90.0 Å². The summed E-state index contributed by atoms with van der Waals surface area (Å²) < 4.78 is 18.0. The van der Waals surface area contributed by atoms with Crippen LogP contribution in [0.25, 0.3) is 0 Å². The second kappa shape index (κ2) is 11.1. The zero-order valence-electron chi connectivity index (χ0n) is 24.2. The van der Waals surface area contributed by atoms with Gasteiger partial charge in [-0.2, -0.15) is 0 Å². The fourth-order valence-corrected chi connectivity index (χ4v) is 5.11. The van der Waals surface area contributed by atoms with Crippen LogP contribution in [0.1, 0.15) is 62.3 Å². The SMILES string of the molecule is CC(C)[C@@H]1NC(=O)[C@H]2N=C(O[C@@H]2C)[C@H](C(C)C)NC(=O)[C@H]2N=C(O[C@@H]2C)[C@H](C(C)C)NC(=O)[C@H]2N=C1O[C@@H]2C. The van der Waals surface area contributed by atoms with Crippen molar-refractivity contribution < 1.29 is 28.6 Å². The van der Waals surface area contributed by atoms with E-state index in [1.807, 2.05) is 41.5 Å². The molecule has 0 unspecified atom stereocenters. The van der Waals surface area contributed by atoms with Crippen LogP contribution in [0.5, 0.6) is 0 Å². The summed E-state index contributed by atoms with van der Waals surface area (Å²) in [4.78, 5) is 54.0. The molecular weight excluding hydrogens is 504 g/mol. The van der Waals surface area contributed by atoms with Crippen molar-refractivity contribution in [2.45, 2.75) is 117 Å². The molecular formula is C27H42N6O6. The Morgan fingerprint density at radius 1 is 0.513 bits per heavy atom. The molecule has 9 atom stereocenters. The molecule has 4 heterocycles. The van der Waals surface area contributed by atoms with Crippen molar-refractivity contribution in [1.82, 2.24) is 16.0 Å². The highest BCUT2D eigenvalue weighted by Gasteiger charge is 2.45. The lowest BCUT2D eigenvalue weighted by Gasteiger charge is -2.24. The number of amides is 3. The zero-order valence-corrected chi connectivity index (χ0v) is 24.2. The van der Waals surface area contributed by atoms with E-state index in [0.717, 1.165) is 0 Å². The van der Waals surface area contributed by atoms with Crippen LogP contribution >= 0.6 is 0 Å². The van der Waals surface area contributed by atoms with Crippen LogP contribution in [0.4, 0.5) is 0 Å². The van der Waals surface area contributed by atoms with Crippen LogP contribution < -0.4 is 16.0 Å². The molecule has 0 saturated heterocycles. The van der Waals surface area contributed by atoms with Gasteiger partial charge in [-0.15, -0.1) is 0 Å². The second-order valence-corrected chi connectivity index (χ2v) is 11.9. The van der Waals surface area contributed by atoms with Gasteiger partial charge in [-0.05, 0) is 38.5 Å². The number of ether oxygens (including phenoxy) is 3. The Morgan fingerprint density at radius 3 is 0.949 bits per heavy atom. The van der Waals surface area contributed by atoms with Gasteiger partial charge in [0.25, 0.3) is 0 Å². The summed E-state index contributed by atoms with van der Waals surface area (Å²) in [5.41, 5.74) is 0. The zero-order chi connectivity index (χ0) is 28.8. The number of nitrogens with zero attached hydrogens (tertiary/aromatic N) is 3. The molecule has 3 amide bonds. The minimum Gasteiger partial charge on any atom is -0.474 e. The Kier molecular flexibility index (Phi) is 8.22. The number of nitrogens with one attached hydrogen (secondary N) is 3. The normalized spacial score (nSPS) is 37.1. The number of carbonyl (C=O) groups excluding carboxylic acids is 3. The first kappa shape index (κ1) is 28.8. The van der Waals surface area contributed by atoms with Crippen molar-refractivity contribution in [3.8, 4) is 0 Å². The molecule has 0 saturated carbocycles. The fourth-order valence-electron chi connectivity index (χ4n) is 5.11. The molecule has 0 aromatic carbocycles. The summed E-state index contributed by atoms with van der Waals surface area (Å²) in [7, 11) is 0. The number of fused-ring (bicyclic) bond motifs is 3. The number of rotatable bonds is 3. The molecule has 6 bridgehead atoms. The third kappa shape index (κ3) is 5.74. The smallest absolute Gasteiger partial charge is 0.249 e. The van der Waals surface area contributed by atoms with Gasteiger partial charge >= 0.3 is 0 Å². The largest absolute Gasteiger partial charge is 0.474 e. The van der Waals surface area contributed by atoms with E-state index in [1.165, 1.54) is 0 Å². The van der Waals surface area contributed by atoms with Crippen molar-refractivity contribution in [1.29, 1.82) is 0 Å². The third-order valence-electron chi connectivity index (χ3n) is 7.55. The fraction of sp³-hybridized carbons (Fsp3) is 0.778. The summed E-state index contributed by atoms with van der Waals surface area (Å²) >= 11 is 0. The van der Waals surface area contributed by atoms with Crippen molar-refractivity contribution in [2.24, 2.45) is 32.7 Å². The summed E-state index contributed by atoms with van der Waals surface area (Å²) in [6.07, 6.45) is -1.62. The monoisotopic (exact) mass is 546 g/mol. The predicted molar refractivity (Wildman–Crippen MR) is 146 cm³/mol. The molecule has 39 heavy (non-hydrogen) atoms. The lowest BCUT2D eigenvalue weighted by Crippen LogP contribution is -2.49. The quantitative estimate of drug-likeness (QED) is 0.480. The Hall–Kier alpha value is -3.18. The number of hydrogen-bond donors (Lipinski definition) is 3. The molecule has 4 aliphatic heterocycles. The highest BCUT2D eigenvalue weighted by Crippen LogP contribution is 2.25. The molecule has 0 radical (unpaired) electrons. The summed E-state index contributed by atoms with van der Waals surface area (Å²) in [5.74, 6) is -0.323. The van der Waals surface area contributed by atoms with E-state index in [4.69, 9.17) is 14.2 Å². The van der Waals surface area contributed by atoms with E-state index >= 15 is 0 Å². The molecule has 0 fully saturated rings. The Balaban J connectivity index is 1.76. The van der Waals surface area contributed by atoms with Gasteiger partial charge in [0.05, 0.1) is 0 Å². The lowest BCUT2D eigenvalue weighted by molar-refractivity contribution is -0.125. The summed E-state index contributed by atoms with van der Waals surface area (Å²) in [6.45, 7) is 17.0. The van der Waals surface area contributed by atoms with E-state index in [1.54, 1.807) is 20.8 Å². The van der Waals surface area contributed by atoms with Gasteiger partial charge in [0.1, 0.15) is 36.4 Å². The second-order valence-electron chi connectivity index (χ2n) is 11.9. The molecule has 12 heteroatoms. The van der Waals surface area contributed by atoms with Gasteiger partial charge in [-0.3, -0.25) is 14.4 Å². The Bertz CT molecular complexity index is 952. The number of hydrogen-bond acceptors (Lipinski definition) is 9. The van der Waals surface area contributed by atoms with E-state index in [9.17, 15) is 14.4 Å². The van der Waals surface area contributed by atoms with Crippen molar-refractivity contribution >= 4 is 35.4 Å². The third-order valence-corrected chi connectivity index (χ3v) is 7.55. The first-order chi connectivity index (χ1) is 18.3. The first-order valence-electron chi connectivity index (χ1n) is 13.9. The maximum absolute atomic E-state index is 13.4. The summed E-state index contributed by atoms with van der Waals surface area (Å²) in [5, 5.41) is 9.03. The van der Waals surface area contributed by atoms with Gasteiger partial charge in [0, 0.05) is 0 Å². The molecule has 12 nitrogen and oxygen atoms in total. The van der Waals surface area contributed by atoms with Gasteiger partial charge in [-0.1, -0.05) is 41.5 Å². The standard InChI is InChI=1S/C27H42N6O6/c1-10(2)16-25-31-20(13(7)37-25)23(35)29-18(12(5)6)27-33-21(15(9)39-27)24(36)30-17(11(3)4)26-32-19(14(8)38-26)22(34)28-16/h10-21H,1-9H3,(H,28,34)(H,29,35)(H,30,36)/t13-,14-,15-,16+,17+,18+,19+,20+,21+/m1/s1. The number of aliphatic imine (C=N–C) groups is 3. The van der Waals surface area contributed by atoms with Gasteiger partial charge in [0.2, 0.25) is 35.4 Å². The first-order valence-corrected chi connectivity index (χ1v) is 13.9. The van der Waals surface area contributed by atoms with Crippen molar-refractivity contribution in [2.75, 3.05) is 0 Å². The molecule has 0 aromatic rings. The maximum Gasteiger partial charge on any atom is 0.249 e. The molecule has 0 aromatic heterocycles. The molecule has 4 rings (SSSR count). The minimum absolute atomic E-state index is 0.0702. The molecule has 3 N–H and O–H groups in total. The summed E-state index contributed by atoms with van der Waals surface area (Å²) in [6, 6.07) is -4.14. The molecule has 4 aliphatic rings. The average molecular weight is 547 g/mol. The van der Waals surface area contributed by atoms with Crippen LogP contribution in [0.3, 0.4) is 0 Å². The van der Waals surface area contributed by atoms with Gasteiger partial charge < -0.3 is 30.2 Å². The van der Waals surface area contributed by atoms with Crippen LogP contribution in [0.2, 0.25) is 0 Å². The Morgan fingerprint density at radius 2 is 0.744 bits per heavy atom. The highest BCUT2D eigenvalue weighted by molar-refractivity contribution is 5.99. The molecule has 0 spiro atoms. The van der Waals surface area contributed by atoms with Crippen molar-refractivity contribution in [3.63, 3.8) is 0 Å². The maximum atomic E-state index is 13.4. The van der Waals surface area contributed by atoms with Gasteiger partial charge in [0.15, 0.2) is 18.1 Å². The lowest BCUT2D eigenvalue weighted by atomic mass is 10.0. The van der Waals surface area contributed by atoms with E-state index in [-0.39, 0.29) is 35.5 Å². The topological polar surface area (TPSA) is 152 Å².